The molecule has 16 heavy (non-hydrogen) atoms. The first kappa shape index (κ1) is 11.2. The Morgan fingerprint density at radius 3 is 2.75 bits per heavy atom. The average molecular weight is 288 g/mol. The van der Waals surface area contributed by atoms with E-state index >= 15 is 0 Å². The first-order valence-electron chi connectivity index (χ1n) is 4.59. The molecule has 1 atom stereocenters. The van der Waals surface area contributed by atoms with Crippen LogP contribution in [0.5, 0.6) is 0 Å². The Kier molecular flexibility index (Phi) is 3.00. The van der Waals surface area contributed by atoms with Gasteiger partial charge in [0.25, 0.3) is 0 Å². The summed E-state index contributed by atoms with van der Waals surface area (Å²) in [6, 6.07) is 3.19. The van der Waals surface area contributed by atoms with Gasteiger partial charge in [0.05, 0.1) is 16.7 Å². The topological polar surface area (TPSA) is 30.7 Å². The van der Waals surface area contributed by atoms with Gasteiger partial charge < -0.3 is 0 Å². The number of alkyl halides is 1. The average Bonchev–Trinajstić information content (AvgIpc) is 2.70. The molecular weight excluding hydrogens is 280 g/mol. The van der Waals surface area contributed by atoms with E-state index in [0.29, 0.717) is 5.69 Å². The number of aromatic nitrogens is 3. The van der Waals surface area contributed by atoms with E-state index in [1.165, 1.54) is 4.68 Å². The summed E-state index contributed by atoms with van der Waals surface area (Å²) in [6.07, 6.45) is 1.55. The summed E-state index contributed by atoms with van der Waals surface area (Å²) in [6.45, 7) is 1.87. The first-order chi connectivity index (χ1) is 7.58. The Hall–Kier alpha value is -1.30. The normalized spacial score (nSPS) is 12.8. The van der Waals surface area contributed by atoms with Gasteiger partial charge in [-0.25, -0.2) is 13.5 Å². The van der Waals surface area contributed by atoms with Crippen LogP contribution >= 0.6 is 15.9 Å². The molecule has 0 aliphatic heterocycles. The molecule has 1 unspecified atom stereocenters. The number of rotatable bonds is 2. The molecule has 0 amide bonds. The fourth-order valence-electron chi connectivity index (χ4n) is 1.24. The summed E-state index contributed by atoms with van der Waals surface area (Å²) in [5.74, 6) is -1.06. The summed E-state index contributed by atoms with van der Waals surface area (Å²) >= 11 is 3.32. The molecule has 0 bridgehead atoms. The second-order valence-corrected chi connectivity index (χ2v) is 4.67. The molecular formula is C10H8BrF2N3. The lowest BCUT2D eigenvalue weighted by atomic mass is 10.3. The van der Waals surface area contributed by atoms with Crippen molar-refractivity contribution in [3.05, 3.63) is 41.7 Å². The van der Waals surface area contributed by atoms with Gasteiger partial charge in [0, 0.05) is 6.07 Å². The second kappa shape index (κ2) is 4.29. The number of hydrogen-bond acceptors (Lipinski definition) is 2. The van der Waals surface area contributed by atoms with Gasteiger partial charge in [-0.15, -0.1) is 5.10 Å². The van der Waals surface area contributed by atoms with Crippen LogP contribution in [-0.4, -0.2) is 15.0 Å². The highest BCUT2D eigenvalue weighted by molar-refractivity contribution is 9.09. The van der Waals surface area contributed by atoms with Gasteiger partial charge in [-0.1, -0.05) is 21.1 Å². The smallest absolute Gasteiger partial charge is 0.149 e. The molecule has 1 aromatic carbocycles. The monoisotopic (exact) mass is 287 g/mol. The maximum absolute atomic E-state index is 13.4. The predicted octanol–water partition coefficient (Wildman–Crippen LogP) is 3.00. The van der Waals surface area contributed by atoms with Gasteiger partial charge in [0.2, 0.25) is 0 Å². The molecule has 0 spiro atoms. The van der Waals surface area contributed by atoms with E-state index in [9.17, 15) is 8.78 Å². The molecule has 0 aliphatic rings. The van der Waals surface area contributed by atoms with E-state index in [4.69, 9.17) is 0 Å². The van der Waals surface area contributed by atoms with Crippen molar-refractivity contribution in [1.82, 2.24) is 15.0 Å². The third kappa shape index (κ3) is 2.11. The van der Waals surface area contributed by atoms with Gasteiger partial charge in [-0.3, -0.25) is 0 Å². The quantitative estimate of drug-likeness (QED) is 0.795. The van der Waals surface area contributed by atoms with Crippen LogP contribution in [0.25, 0.3) is 5.69 Å². The van der Waals surface area contributed by atoms with Crippen LogP contribution in [0.3, 0.4) is 0 Å². The largest absolute Gasteiger partial charge is 0.217 e. The predicted molar refractivity (Wildman–Crippen MR) is 58.6 cm³/mol. The lowest BCUT2D eigenvalue weighted by Gasteiger charge is -2.01. The van der Waals surface area contributed by atoms with E-state index in [-0.39, 0.29) is 10.5 Å². The zero-order valence-electron chi connectivity index (χ0n) is 8.36. The zero-order chi connectivity index (χ0) is 11.7. The minimum atomic E-state index is -0.542. The van der Waals surface area contributed by atoms with E-state index in [2.05, 4.69) is 26.2 Å². The molecule has 0 aliphatic carbocycles. The molecule has 3 nitrogen and oxygen atoms in total. The minimum Gasteiger partial charge on any atom is -0.217 e. The van der Waals surface area contributed by atoms with Gasteiger partial charge in [0.1, 0.15) is 17.3 Å². The molecule has 2 aromatic rings. The molecule has 0 radical (unpaired) electrons. The summed E-state index contributed by atoms with van der Waals surface area (Å²) in [4.78, 5) is 0.0119. The van der Waals surface area contributed by atoms with E-state index < -0.39 is 11.6 Å². The highest BCUT2D eigenvalue weighted by Crippen LogP contribution is 2.20. The van der Waals surface area contributed by atoms with Crippen LogP contribution in [0.15, 0.2) is 24.4 Å². The van der Waals surface area contributed by atoms with Crippen molar-refractivity contribution in [3.8, 4) is 5.69 Å². The summed E-state index contributed by atoms with van der Waals surface area (Å²) in [5.41, 5.74) is 0.704. The highest BCUT2D eigenvalue weighted by Gasteiger charge is 2.11. The van der Waals surface area contributed by atoms with Gasteiger partial charge in [0.15, 0.2) is 0 Å². The van der Waals surface area contributed by atoms with Crippen molar-refractivity contribution in [3.63, 3.8) is 0 Å². The summed E-state index contributed by atoms with van der Waals surface area (Å²) < 4.78 is 27.6. The Bertz CT molecular complexity index is 511. The molecule has 2 rings (SSSR count). The Morgan fingerprint density at radius 1 is 1.38 bits per heavy atom. The Balaban J connectivity index is 2.46. The van der Waals surface area contributed by atoms with Crippen molar-refractivity contribution >= 4 is 15.9 Å². The lowest BCUT2D eigenvalue weighted by molar-refractivity contribution is 0.584. The number of benzene rings is 1. The van der Waals surface area contributed by atoms with Crippen molar-refractivity contribution in [2.24, 2.45) is 0 Å². The third-order valence-electron chi connectivity index (χ3n) is 2.07. The molecule has 84 valence electrons. The SMILES string of the molecule is CC(Br)c1cn(-c2cc(F)ccc2F)nn1. The van der Waals surface area contributed by atoms with Crippen LogP contribution in [0, 0.1) is 11.6 Å². The molecule has 0 saturated heterocycles. The summed E-state index contributed by atoms with van der Waals surface area (Å²) in [5, 5.41) is 7.58. The Labute approximate surface area is 99.2 Å². The van der Waals surface area contributed by atoms with E-state index in [1.807, 2.05) is 6.92 Å². The van der Waals surface area contributed by atoms with Crippen molar-refractivity contribution in [2.75, 3.05) is 0 Å². The molecule has 0 N–H and O–H groups in total. The van der Waals surface area contributed by atoms with Crippen LogP contribution in [0.1, 0.15) is 17.4 Å². The minimum absolute atomic E-state index is 0.0119. The van der Waals surface area contributed by atoms with Gasteiger partial charge in [-0.05, 0) is 19.1 Å². The first-order valence-corrected chi connectivity index (χ1v) is 5.51. The fraction of sp³-hybridized carbons (Fsp3) is 0.200. The van der Waals surface area contributed by atoms with Crippen molar-refractivity contribution in [1.29, 1.82) is 0 Å². The van der Waals surface area contributed by atoms with Gasteiger partial charge >= 0.3 is 0 Å². The fourth-order valence-corrected chi connectivity index (χ4v) is 1.45. The summed E-state index contributed by atoms with van der Waals surface area (Å²) in [7, 11) is 0. The second-order valence-electron chi connectivity index (χ2n) is 3.30. The number of halogens is 3. The van der Waals surface area contributed by atoms with E-state index in [1.54, 1.807) is 6.20 Å². The maximum Gasteiger partial charge on any atom is 0.149 e. The van der Waals surface area contributed by atoms with Crippen molar-refractivity contribution in [2.45, 2.75) is 11.8 Å². The number of nitrogens with zero attached hydrogens (tertiary/aromatic N) is 3. The molecule has 0 fully saturated rings. The molecule has 6 heteroatoms. The van der Waals surface area contributed by atoms with Crippen LogP contribution in [-0.2, 0) is 0 Å². The highest BCUT2D eigenvalue weighted by atomic mass is 79.9. The lowest BCUT2D eigenvalue weighted by Crippen LogP contribution is -1.99. The van der Waals surface area contributed by atoms with Gasteiger partial charge in [-0.2, -0.15) is 0 Å². The van der Waals surface area contributed by atoms with E-state index in [0.717, 1.165) is 18.2 Å². The number of hydrogen-bond donors (Lipinski definition) is 0. The maximum atomic E-state index is 13.4. The third-order valence-corrected chi connectivity index (χ3v) is 2.54. The molecule has 1 heterocycles. The molecule has 1 aromatic heterocycles. The Morgan fingerprint density at radius 2 is 2.12 bits per heavy atom. The van der Waals surface area contributed by atoms with Crippen LogP contribution < -0.4 is 0 Å². The zero-order valence-corrected chi connectivity index (χ0v) is 9.95. The van der Waals surface area contributed by atoms with Crippen LogP contribution in [0.2, 0.25) is 0 Å². The van der Waals surface area contributed by atoms with Crippen LogP contribution in [0.4, 0.5) is 8.78 Å². The molecule has 0 saturated carbocycles. The van der Waals surface area contributed by atoms with Crippen molar-refractivity contribution < 1.29 is 8.78 Å². The standard InChI is InChI=1S/C10H8BrF2N3/c1-6(11)9-5-16(15-14-9)10-4-7(12)2-3-8(10)13/h2-6H,1H3.